The van der Waals surface area contributed by atoms with E-state index >= 15 is 0 Å². The van der Waals surface area contributed by atoms with Gasteiger partial charge in [0.1, 0.15) is 5.01 Å². The Hall–Kier alpha value is -2.12. The van der Waals surface area contributed by atoms with Crippen LogP contribution in [0.1, 0.15) is 11.4 Å². The van der Waals surface area contributed by atoms with Crippen molar-refractivity contribution in [3.8, 4) is 10.7 Å². The minimum absolute atomic E-state index is 0.109. The molecule has 0 aliphatic heterocycles. The summed E-state index contributed by atoms with van der Waals surface area (Å²) in [6.07, 6.45) is 1.97. The molecule has 0 bridgehead atoms. The average molecular weight is 316 g/mol. The molecular weight excluding hydrogens is 304 g/mol. The van der Waals surface area contributed by atoms with Crippen molar-refractivity contribution >= 4 is 33.7 Å². The highest BCUT2D eigenvalue weighted by Gasteiger charge is 2.11. The summed E-state index contributed by atoms with van der Waals surface area (Å²) < 4.78 is 0. The summed E-state index contributed by atoms with van der Waals surface area (Å²) in [6, 6.07) is 5.68. The van der Waals surface area contributed by atoms with Crippen LogP contribution in [0.25, 0.3) is 10.7 Å². The molecule has 0 saturated carbocycles. The van der Waals surface area contributed by atoms with Gasteiger partial charge in [0, 0.05) is 17.0 Å². The Bertz CT molecular complexity index is 751. The fourth-order valence-corrected chi connectivity index (χ4v) is 3.23. The summed E-state index contributed by atoms with van der Waals surface area (Å²) in [5.74, 6) is -0.109. The minimum Gasteiger partial charge on any atom is -0.302 e. The molecule has 1 amide bonds. The molecule has 3 heterocycles. The van der Waals surface area contributed by atoms with E-state index in [2.05, 4.69) is 20.3 Å². The molecule has 1 N–H and O–H groups in total. The second-order valence-electron chi connectivity index (χ2n) is 4.38. The van der Waals surface area contributed by atoms with Gasteiger partial charge in [0.2, 0.25) is 5.91 Å². The van der Waals surface area contributed by atoms with Gasteiger partial charge >= 0.3 is 0 Å². The molecule has 0 spiro atoms. The number of rotatable bonds is 4. The maximum absolute atomic E-state index is 11.9. The van der Waals surface area contributed by atoms with Gasteiger partial charge in [-0.25, -0.2) is 9.97 Å². The highest BCUT2D eigenvalue weighted by Crippen LogP contribution is 2.22. The highest BCUT2D eigenvalue weighted by atomic mass is 32.1. The number of nitrogens with zero attached hydrogens (tertiary/aromatic N) is 3. The summed E-state index contributed by atoms with van der Waals surface area (Å²) in [5, 5.41) is 8.01. The van der Waals surface area contributed by atoms with Gasteiger partial charge < -0.3 is 5.32 Å². The first-order chi connectivity index (χ1) is 10.2. The van der Waals surface area contributed by atoms with Crippen LogP contribution in [-0.4, -0.2) is 20.9 Å². The van der Waals surface area contributed by atoms with Gasteiger partial charge in [-0.2, -0.15) is 0 Å². The van der Waals surface area contributed by atoms with Crippen molar-refractivity contribution in [2.24, 2.45) is 0 Å². The standard InChI is InChI=1S/C14H12N4OS2/c1-9-7-21-14(16-9)18-12(19)6-10-8-20-13(17-10)11-4-2-3-5-15-11/h2-5,7-8H,6H2,1H3,(H,16,18,19). The molecule has 21 heavy (non-hydrogen) atoms. The predicted molar refractivity (Wildman–Crippen MR) is 84.5 cm³/mol. The number of anilines is 1. The maximum Gasteiger partial charge on any atom is 0.232 e. The average Bonchev–Trinajstić information content (AvgIpc) is 3.09. The molecule has 0 aromatic carbocycles. The number of amides is 1. The number of carbonyl (C=O) groups is 1. The third-order valence-electron chi connectivity index (χ3n) is 2.64. The zero-order valence-corrected chi connectivity index (χ0v) is 12.9. The second kappa shape index (κ2) is 6.11. The van der Waals surface area contributed by atoms with Crippen LogP contribution in [0, 0.1) is 6.92 Å². The summed E-state index contributed by atoms with van der Waals surface area (Å²) in [7, 11) is 0. The van der Waals surface area contributed by atoms with Gasteiger partial charge in [-0.05, 0) is 19.1 Å². The third kappa shape index (κ3) is 3.50. The molecule has 7 heteroatoms. The number of aromatic nitrogens is 3. The topological polar surface area (TPSA) is 67.8 Å². The van der Waals surface area contributed by atoms with Gasteiger partial charge in [0.15, 0.2) is 5.13 Å². The summed E-state index contributed by atoms with van der Waals surface area (Å²) >= 11 is 2.91. The molecule has 5 nitrogen and oxygen atoms in total. The van der Waals surface area contributed by atoms with E-state index in [0.29, 0.717) is 5.13 Å². The van der Waals surface area contributed by atoms with Crippen LogP contribution in [0.4, 0.5) is 5.13 Å². The highest BCUT2D eigenvalue weighted by molar-refractivity contribution is 7.14. The van der Waals surface area contributed by atoms with E-state index in [-0.39, 0.29) is 12.3 Å². The van der Waals surface area contributed by atoms with Gasteiger partial charge in [0.05, 0.1) is 23.5 Å². The fraction of sp³-hybridized carbons (Fsp3) is 0.143. The van der Waals surface area contributed by atoms with Crippen molar-refractivity contribution in [2.45, 2.75) is 13.3 Å². The maximum atomic E-state index is 11.9. The zero-order valence-electron chi connectivity index (χ0n) is 11.2. The molecule has 0 aliphatic rings. The van der Waals surface area contributed by atoms with E-state index in [9.17, 15) is 4.79 Å². The van der Waals surface area contributed by atoms with Crippen molar-refractivity contribution in [1.82, 2.24) is 15.0 Å². The summed E-state index contributed by atoms with van der Waals surface area (Å²) in [5.41, 5.74) is 2.47. The first kappa shape index (κ1) is 13.8. The third-order valence-corrected chi connectivity index (χ3v) is 4.43. The van der Waals surface area contributed by atoms with E-state index in [0.717, 1.165) is 22.1 Å². The van der Waals surface area contributed by atoms with E-state index < -0.39 is 0 Å². The number of thiazole rings is 2. The van der Waals surface area contributed by atoms with Crippen LogP contribution in [0.15, 0.2) is 35.2 Å². The van der Waals surface area contributed by atoms with Crippen LogP contribution in [0.5, 0.6) is 0 Å². The number of nitrogens with one attached hydrogen (secondary N) is 1. The van der Waals surface area contributed by atoms with E-state index in [1.54, 1.807) is 6.20 Å². The molecule has 3 aromatic rings. The molecule has 0 aliphatic carbocycles. The molecular formula is C14H12N4OS2. The number of hydrogen-bond donors (Lipinski definition) is 1. The second-order valence-corrected chi connectivity index (χ2v) is 6.09. The number of hydrogen-bond acceptors (Lipinski definition) is 6. The van der Waals surface area contributed by atoms with Gasteiger partial charge in [-0.15, -0.1) is 22.7 Å². The lowest BCUT2D eigenvalue weighted by Crippen LogP contribution is -2.14. The smallest absolute Gasteiger partial charge is 0.232 e. The van der Waals surface area contributed by atoms with Crippen molar-refractivity contribution in [3.63, 3.8) is 0 Å². The molecule has 0 saturated heterocycles. The van der Waals surface area contributed by atoms with E-state index in [1.807, 2.05) is 35.9 Å². The molecule has 3 aromatic heterocycles. The van der Waals surface area contributed by atoms with Crippen LogP contribution < -0.4 is 5.32 Å². The Labute approximate surface area is 129 Å². The Morgan fingerprint density at radius 3 is 2.86 bits per heavy atom. The first-order valence-corrected chi connectivity index (χ1v) is 8.04. The van der Waals surface area contributed by atoms with Crippen molar-refractivity contribution < 1.29 is 4.79 Å². The lowest BCUT2D eigenvalue weighted by atomic mass is 10.3. The van der Waals surface area contributed by atoms with Crippen molar-refractivity contribution in [2.75, 3.05) is 5.32 Å². The largest absolute Gasteiger partial charge is 0.302 e. The van der Waals surface area contributed by atoms with E-state index in [1.165, 1.54) is 22.7 Å². The lowest BCUT2D eigenvalue weighted by molar-refractivity contribution is -0.115. The first-order valence-electron chi connectivity index (χ1n) is 6.28. The van der Waals surface area contributed by atoms with Crippen molar-refractivity contribution in [3.05, 3.63) is 46.5 Å². The number of aryl methyl sites for hydroxylation is 1. The summed E-state index contributed by atoms with van der Waals surface area (Å²) in [4.78, 5) is 24.8. The monoisotopic (exact) mass is 316 g/mol. The molecule has 0 unspecified atom stereocenters. The number of pyridine rings is 1. The normalized spacial score (nSPS) is 10.5. The summed E-state index contributed by atoms with van der Waals surface area (Å²) in [6.45, 7) is 1.89. The van der Waals surface area contributed by atoms with Crippen LogP contribution in [0.2, 0.25) is 0 Å². The predicted octanol–water partition coefficient (Wildman–Crippen LogP) is 3.15. The number of carbonyl (C=O) groups excluding carboxylic acids is 1. The van der Waals surface area contributed by atoms with Crippen LogP contribution in [0.3, 0.4) is 0 Å². The zero-order chi connectivity index (χ0) is 14.7. The Kier molecular flexibility index (Phi) is 4.03. The Morgan fingerprint density at radius 1 is 1.24 bits per heavy atom. The molecule has 0 fully saturated rings. The fourth-order valence-electron chi connectivity index (χ4n) is 1.73. The SMILES string of the molecule is Cc1csc(NC(=O)Cc2csc(-c3ccccn3)n2)n1. The van der Waals surface area contributed by atoms with E-state index in [4.69, 9.17) is 0 Å². The Morgan fingerprint density at radius 2 is 2.14 bits per heavy atom. The quantitative estimate of drug-likeness (QED) is 0.803. The van der Waals surface area contributed by atoms with Crippen LogP contribution in [-0.2, 0) is 11.2 Å². The molecule has 106 valence electrons. The molecule has 0 radical (unpaired) electrons. The molecule has 3 rings (SSSR count). The van der Waals surface area contributed by atoms with Gasteiger partial charge in [-0.1, -0.05) is 6.07 Å². The van der Waals surface area contributed by atoms with Gasteiger partial charge in [-0.3, -0.25) is 9.78 Å². The lowest BCUT2D eigenvalue weighted by Gasteiger charge is -1.99. The van der Waals surface area contributed by atoms with Crippen LogP contribution >= 0.6 is 22.7 Å². The van der Waals surface area contributed by atoms with Gasteiger partial charge in [0.25, 0.3) is 0 Å². The van der Waals surface area contributed by atoms with Crippen molar-refractivity contribution in [1.29, 1.82) is 0 Å². The minimum atomic E-state index is -0.109. The molecule has 0 atom stereocenters. The Balaban J connectivity index is 1.66.